The number of rotatable bonds is 5. The van der Waals surface area contributed by atoms with Gasteiger partial charge in [0.25, 0.3) is 5.95 Å². The molecule has 1 aliphatic heterocycles. The quantitative estimate of drug-likeness (QED) is 0.514. The molecule has 7 heteroatoms. The Bertz CT molecular complexity index is 1230. The van der Waals surface area contributed by atoms with Crippen molar-refractivity contribution < 1.29 is 18.7 Å². The highest BCUT2D eigenvalue weighted by Gasteiger charge is 2.24. The van der Waals surface area contributed by atoms with Gasteiger partial charge in [0.05, 0.1) is 30.1 Å². The third-order valence-corrected chi connectivity index (χ3v) is 5.62. The summed E-state index contributed by atoms with van der Waals surface area (Å²) in [5.74, 6) is 0.744. The molecule has 1 aliphatic rings. The van der Waals surface area contributed by atoms with Crippen molar-refractivity contribution in [3.05, 3.63) is 65.9 Å². The number of amides is 1. The van der Waals surface area contributed by atoms with Crippen LogP contribution in [0.3, 0.4) is 0 Å². The molecule has 0 unspecified atom stereocenters. The van der Waals surface area contributed by atoms with Crippen molar-refractivity contribution in [2.24, 2.45) is 0 Å². The molecule has 0 bridgehead atoms. The van der Waals surface area contributed by atoms with Crippen LogP contribution in [-0.2, 0) is 19.4 Å². The smallest absolute Gasteiger partial charge is 0.415 e. The van der Waals surface area contributed by atoms with Crippen LogP contribution >= 0.6 is 0 Å². The van der Waals surface area contributed by atoms with Crippen molar-refractivity contribution in [2.45, 2.75) is 25.8 Å². The molecule has 0 saturated heterocycles. The highest BCUT2D eigenvalue weighted by Crippen LogP contribution is 2.38. The predicted octanol–water partition coefficient (Wildman–Crippen LogP) is 4.58. The van der Waals surface area contributed by atoms with Gasteiger partial charge in [-0.25, -0.2) is 9.78 Å². The summed E-state index contributed by atoms with van der Waals surface area (Å²) in [7, 11) is 1.62. The van der Waals surface area contributed by atoms with Crippen molar-refractivity contribution in [3.8, 4) is 23.1 Å². The average molecular weight is 417 g/mol. The molecule has 1 aromatic carbocycles. The first-order valence-corrected chi connectivity index (χ1v) is 10.4. The standard InChI is InChI=1S/C24H23N3O4/c1-29-20-11-10-19-22(26-20)18(12-13-25-24(28)31-21-9-5-15-30-21)23-17-8-3-2-6-16(17)7-4-14-27(19)23/h2-3,5-6,8-11,15H,4,7,12-14H2,1H3,(H,25,28). The Morgan fingerprint density at radius 2 is 2.10 bits per heavy atom. The lowest BCUT2D eigenvalue weighted by atomic mass is 9.98. The Balaban J connectivity index is 1.51. The fourth-order valence-corrected chi connectivity index (χ4v) is 4.30. The van der Waals surface area contributed by atoms with E-state index in [-0.39, 0.29) is 5.95 Å². The lowest BCUT2D eigenvalue weighted by Crippen LogP contribution is -2.28. The number of nitrogens with one attached hydrogen (secondary N) is 1. The molecule has 4 heterocycles. The summed E-state index contributed by atoms with van der Waals surface area (Å²) < 4.78 is 17.9. The van der Waals surface area contributed by atoms with Gasteiger partial charge in [0.2, 0.25) is 5.88 Å². The molecule has 31 heavy (non-hydrogen) atoms. The lowest BCUT2D eigenvalue weighted by molar-refractivity contribution is 0.187. The maximum atomic E-state index is 12.1. The molecule has 1 N–H and O–H groups in total. The molecular formula is C24H23N3O4. The van der Waals surface area contributed by atoms with Gasteiger partial charge in [0, 0.05) is 36.3 Å². The van der Waals surface area contributed by atoms with Crippen LogP contribution in [0.15, 0.2) is 59.2 Å². The minimum Gasteiger partial charge on any atom is -0.481 e. The van der Waals surface area contributed by atoms with Crippen LogP contribution in [0.4, 0.5) is 4.79 Å². The number of ether oxygens (including phenoxy) is 2. The number of nitrogens with zero attached hydrogens (tertiary/aromatic N) is 2. The maximum Gasteiger partial charge on any atom is 0.415 e. The van der Waals surface area contributed by atoms with Crippen LogP contribution in [0.1, 0.15) is 17.5 Å². The molecule has 0 spiro atoms. The van der Waals surface area contributed by atoms with E-state index in [1.165, 1.54) is 23.1 Å². The number of pyridine rings is 1. The fourth-order valence-electron chi connectivity index (χ4n) is 4.30. The molecule has 0 atom stereocenters. The number of fused-ring (bicyclic) bond motifs is 5. The Hall–Kier alpha value is -3.74. The molecule has 0 saturated carbocycles. The lowest BCUT2D eigenvalue weighted by Gasteiger charge is -2.11. The zero-order valence-corrected chi connectivity index (χ0v) is 17.3. The summed E-state index contributed by atoms with van der Waals surface area (Å²) in [6.07, 6.45) is 3.63. The molecule has 0 fully saturated rings. The molecular weight excluding hydrogens is 394 g/mol. The second kappa shape index (κ2) is 8.18. The zero-order chi connectivity index (χ0) is 21.2. The topological polar surface area (TPSA) is 78.5 Å². The summed E-state index contributed by atoms with van der Waals surface area (Å²) in [5.41, 5.74) is 6.83. The van der Waals surface area contributed by atoms with Gasteiger partial charge in [0.1, 0.15) is 0 Å². The van der Waals surface area contributed by atoms with Crippen LogP contribution in [-0.4, -0.2) is 29.3 Å². The van der Waals surface area contributed by atoms with Crippen molar-refractivity contribution in [3.63, 3.8) is 0 Å². The van der Waals surface area contributed by atoms with E-state index in [2.05, 4.69) is 40.2 Å². The number of aryl methyl sites for hydroxylation is 2. The molecule has 1 amide bonds. The van der Waals surface area contributed by atoms with Gasteiger partial charge >= 0.3 is 6.09 Å². The van der Waals surface area contributed by atoms with Gasteiger partial charge in [-0.2, -0.15) is 0 Å². The van der Waals surface area contributed by atoms with E-state index >= 15 is 0 Å². The predicted molar refractivity (Wildman–Crippen MR) is 116 cm³/mol. The van der Waals surface area contributed by atoms with Crippen LogP contribution in [0.25, 0.3) is 22.3 Å². The molecule has 0 aliphatic carbocycles. The first kappa shape index (κ1) is 19.2. The van der Waals surface area contributed by atoms with Crippen LogP contribution in [0, 0.1) is 0 Å². The van der Waals surface area contributed by atoms with E-state index in [0.717, 1.165) is 36.0 Å². The van der Waals surface area contributed by atoms with Crippen LogP contribution in [0.5, 0.6) is 11.8 Å². The molecule has 3 aromatic heterocycles. The maximum absolute atomic E-state index is 12.1. The summed E-state index contributed by atoms with van der Waals surface area (Å²) in [5, 5.41) is 2.81. The largest absolute Gasteiger partial charge is 0.481 e. The van der Waals surface area contributed by atoms with Crippen molar-refractivity contribution in [2.75, 3.05) is 13.7 Å². The number of methoxy groups -OCH3 is 1. The minimum atomic E-state index is -0.546. The molecule has 4 aromatic rings. The Morgan fingerprint density at radius 1 is 1.19 bits per heavy atom. The minimum absolute atomic E-state index is 0.168. The monoisotopic (exact) mass is 417 g/mol. The van der Waals surface area contributed by atoms with E-state index < -0.39 is 6.09 Å². The number of hydrogen-bond acceptors (Lipinski definition) is 5. The summed E-state index contributed by atoms with van der Waals surface area (Å²) >= 11 is 0. The molecule has 7 nitrogen and oxygen atoms in total. The SMILES string of the molecule is COc1ccc2c(n1)c(CCNC(=O)Oc1ccco1)c1n2CCCc2ccccc2-1. The Labute approximate surface area is 179 Å². The number of benzene rings is 1. The number of carbonyl (C=O) groups is 1. The van der Waals surface area contributed by atoms with Gasteiger partial charge in [-0.3, -0.25) is 0 Å². The molecule has 158 valence electrons. The van der Waals surface area contributed by atoms with E-state index in [9.17, 15) is 4.79 Å². The van der Waals surface area contributed by atoms with Gasteiger partial charge in [-0.15, -0.1) is 0 Å². The summed E-state index contributed by atoms with van der Waals surface area (Å²) in [4.78, 5) is 16.9. The number of hydrogen-bond donors (Lipinski definition) is 1. The van der Waals surface area contributed by atoms with Gasteiger partial charge in [0.15, 0.2) is 0 Å². The number of aromatic nitrogens is 2. The first-order chi connectivity index (χ1) is 15.2. The number of furan rings is 1. The van der Waals surface area contributed by atoms with E-state index in [4.69, 9.17) is 18.9 Å². The fraction of sp³-hybridized carbons (Fsp3) is 0.250. The normalized spacial score (nSPS) is 12.7. The third kappa shape index (κ3) is 3.63. The van der Waals surface area contributed by atoms with Crippen molar-refractivity contribution >= 4 is 17.1 Å². The van der Waals surface area contributed by atoms with E-state index in [1.807, 2.05) is 6.07 Å². The van der Waals surface area contributed by atoms with E-state index in [1.54, 1.807) is 19.2 Å². The van der Waals surface area contributed by atoms with Gasteiger partial charge in [-0.1, -0.05) is 24.3 Å². The van der Waals surface area contributed by atoms with Crippen LogP contribution in [0.2, 0.25) is 0 Å². The second-order valence-corrected chi connectivity index (χ2v) is 7.46. The third-order valence-electron chi connectivity index (χ3n) is 5.62. The average Bonchev–Trinajstić information content (AvgIpc) is 3.35. The van der Waals surface area contributed by atoms with Gasteiger partial charge in [-0.05, 0) is 37.0 Å². The van der Waals surface area contributed by atoms with Gasteiger partial charge < -0.3 is 23.8 Å². The first-order valence-electron chi connectivity index (χ1n) is 10.4. The Morgan fingerprint density at radius 3 is 2.94 bits per heavy atom. The number of carbonyl (C=O) groups excluding carboxylic acids is 1. The summed E-state index contributed by atoms with van der Waals surface area (Å²) in [6.45, 7) is 1.33. The molecule has 5 rings (SSSR count). The second-order valence-electron chi connectivity index (χ2n) is 7.46. The molecule has 0 radical (unpaired) electrons. The summed E-state index contributed by atoms with van der Waals surface area (Å²) in [6, 6.07) is 15.8. The Kier molecular flexibility index (Phi) is 5.08. The van der Waals surface area contributed by atoms with Crippen LogP contribution < -0.4 is 14.8 Å². The van der Waals surface area contributed by atoms with Crippen molar-refractivity contribution in [1.29, 1.82) is 0 Å². The highest BCUT2D eigenvalue weighted by molar-refractivity contribution is 5.90. The highest BCUT2D eigenvalue weighted by atomic mass is 16.6. The van der Waals surface area contributed by atoms with E-state index in [0.29, 0.717) is 18.8 Å². The zero-order valence-electron chi connectivity index (χ0n) is 17.3. The van der Waals surface area contributed by atoms with Crippen molar-refractivity contribution in [1.82, 2.24) is 14.9 Å².